The van der Waals surface area contributed by atoms with Crippen LogP contribution in [0.4, 0.5) is 0 Å². The fourth-order valence-electron chi connectivity index (χ4n) is 4.23. The molecule has 0 saturated heterocycles. The number of nitrogens with one attached hydrogen (secondary N) is 4. The van der Waals surface area contributed by atoms with Gasteiger partial charge < -0.3 is 42.6 Å². The van der Waals surface area contributed by atoms with Crippen molar-refractivity contribution in [2.75, 3.05) is 0 Å². The maximum atomic E-state index is 13.5. The van der Waals surface area contributed by atoms with Crippen molar-refractivity contribution in [1.29, 1.82) is 0 Å². The molecule has 4 atom stereocenters. The third kappa shape index (κ3) is 10.6. The van der Waals surface area contributed by atoms with E-state index < -0.39 is 53.8 Å². The molecule has 4 amide bonds. The number of nitrogens with zero attached hydrogens (tertiary/aromatic N) is 1. The second-order valence-electron chi connectivity index (χ2n) is 9.97. The molecular weight excluding hydrogens is 558 g/mol. The molecule has 0 spiro atoms. The Morgan fingerprint density at radius 3 is 2.00 bits per heavy atom. The number of carbonyl (C=O) groups is 5. The van der Waals surface area contributed by atoms with Gasteiger partial charge in [-0.1, -0.05) is 42.5 Å². The highest BCUT2D eigenvalue weighted by molar-refractivity contribution is 5.94. The molecule has 1 heterocycles. The lowest BCUT2D eigenvalue weighted by atomic mass is 10.0. The summed E-state index contributed by atoms with van der Waals surface area (Å²) in [4.78, 5) is 69.8. The van der Waals surface area contributed by atoms with E-state index in [0.29, 0.717) is 16.8 Å². The third-order valence-electron chi connectivity index (χ3n) is 6.55. The molecule has 0 aliphatic heterocycles. The summed E-state index contributed by atoms with van der Waals surface area (Å²) < 4.78 is 0. The van der Waals surface area contributed by atoms with Gasteiger partial charge in [0.1, 0.15) is 23.9 Å². The average molecular weight is 594 g/mol. The molecule has 2 aromatic carbocycles. The normalized spacial score (nSPS) is 13.6. The number of primary amides is 1. The second-order valence-corrected chi connectivity index (χ2v) is 9.97. The zero-order chi connectivity index (χ0) is 31.4. The molecule has 0 aliphatic carbocycles. The highest BCUT2D eigenvalue weighted by atomic mass is 16.4. The fourth-order valence-corrected chi connectivity index (χ4v) is 4.23. The van der Waals surface area contributed by atoms with Crippen LogP contribution in [0, 0.1) is 0 Å². The van der Waals surface area contributed by atoms with Gasteiger partial charge in [-0.15, -0.1) is 0 Å². The lowest BCUT2D eigenvalue weighted by molar-refractivity contribution is -0.142. The molecule has 0 saturated carbocycles. The van der Waals surface area contributed by atoms with Crippen molar-refractivity contribution < 1.29 is 34.2 Å². The van der Waals surface area contributed by atoms with Gasteiger partial charge in [-0.3, -0.25) is 19.2 Å². The van der Waals surface area contributed by atoms with E-state index in [1.807, 2.05) is 0 Å². The van der Waals surface area contributed by atoms with Gasteiger partial charge in [-0.05, 0) is 36.1 Å². The SMILES string of the molecule is NC(=O)CCC(NC(=O)C(Cc1cnc[nH]1)NC(=O)C(N)Cc1ccc(O)cc1)C(=O)NC(Cc1ccccc1)C(=O)O. The first-order chi connectivity index (χ1) is 20.5. The van der Waals surface area contributed by atoms with Gasteiger partial charge in [0, 0.05) is 31.2 Å². The van der Waals surface area contributed by atoms with Crippen molar-refractivity contribution in [3.8, 4) is 5.75 Å². The zero-order valence-electron chi connectivity index (χ0n) is 23.2. The van der Waals surface area contributed by atoms with Crippen LogP contribution < -0.4 is 27.4 Å². The van der Waals surface area contributed by atoms with Gasteiger partial charge in [0.25, 0.3) is 0 Å². The summed E-state index contributed by atoms with van der Waals surface area (Å²) in [5, 5.41) is 26.7. The Labute approximate surface area is 247 Å². The number of phenols is 1. The van der Waals surface area contributed by atoms with E-state index in [0.717, 1.165) is 0 Å². The molecule has 228 valence electrons. The van der Waals surface area contributed by atoms with Crippen LogP contribution in [0.25, 0.3) is 0 Å². The Morgan fingerprint density at radius 2 is 1.40 bits per heavy atom. The molecule has 0 radical (unpaired) electrons. The average Bonchev–Trinajstić information content (AvgIpc) is 3.49. The number of carboxylic acids is 1. The van der Waals surface area contributed by atoms with Crippen LogP contribution in [0.5, 0.6) is 5.75 Å². The Kier molecular flexibility index (Phi) is 11.8. The molecule has 4 unspecified atom stereocenters. The lowest BCUT2D eigenvalue weighted by Gasteiger charge is -2.25. The predicted molar refractivity (Wildman–Crippen MR) is 154 cm³/mol. The molecule has 43 heavy (non-hydrogen) atoms. The topological polar surface area (TPSA) is 243 Å². The van der Waals surface area contributed by atoms with Crippen LogP contribution in [0.3, 0.4) is 0 Å². The largest absolute Gasteiger partial charge is 0.508 e. The standard InChI is InChI=1S/C29H35N7O7/c30-21(12-18-6-8-20(37)9-7-18)26(39)35-23(14-19-15-32-16-33-19)28(41)34-22(10-11-25(31)38)27(40)36-24(29(42)43)13-17-4-2-1-3-5-17/h1-9,15-16,21-24,37H,10-14,30H2,(H2,31,38)(H,32,33)(H,34,41)(H,35,39)(H,36,40)(H,42,43). The molecular formula is C29H35N7O7. The molecule has 3 aromatic rings. The molecule has 0 bridgehead atoms. The number of hydrogen-bond acceptors (Lipinski definition) is 8. The number of aliphatic carboxylic acids is 1. The van der Waals surface area contributed by atoms with Crippen molar-refractivity contribution in [2.45, 2.75) is 56.3 Å². The summed E-state index contributed by atoms with van der Waals surface area (Å²) in [5.74, 6) is -4.23. The van der Waals surface area contributed by atoms with Gasteiger partial charge in [0.15, 0.2) is 0 Å². The number of aromatic hydroxyl groups is 1. The van der Waals surface area contributed by atoms with Crippen molar-refractivity contribution in [3.05, 3.63) is 83.9 Å². The van der Waals surface area contributed by atoms with Gasteiger partial charge >= 0.3 is 5.97 Å². The quantitative estimate of drug-likeness (QED) is 0.104. The van der Waals surface area contributed by atoms with E-state index in [1.165, 1.54) is 24.7 Å². The molecule has 14 heteroatoms. The number of aromatic nitrogens is 2. The van der Waals surface area contributed by atoms with E-state index >= 15 is 0 Å². The summed E-state index contributed by atoms with van der Waals surface area (Å²) in [6.07, 6.45) is 2.42. The Morgan fingerprint density at radius 1 is 0.791 bits per heavy atom. The number of imidazole rings is 1. The zero-order valence-corrected chi connectivity index (χ0v) is 23.2. The van der Waals surface area contributed by atoms with E-state index in [9.17, 15) is 34.2 Å². The second kappa shape index (κ2) is 15.7. The van der Waals surface area contributed by atoms with Crippen LogP contribution in [0.1, 0.15) is 29.7 Å². The van der Waals surface area contributed by atoms with Gasteiger partial charge in [-0.2, -0.15) is 0 Å². The summed E-state index contributed by atoms with van der Waals surface area (Å²) in [5.41, 5.74) is 13.2. The van der Waals surface area contributed by atoms with E-state index in [-0.39, 0.29) is 37.9 Å². The van der Waals surface area contributed by atoms with Crippen molar-refractivity contribution >= 4 is 29.6 Å². The van der Waals surface area contributed by atoms with Crippen molar-refractivity contribution in [2.24, 2.45) is 11.5 Å². The number of nitrogens with two attached hydrogens (primary N) is 2. The molecule has 1 aromatic heterocycles. The van der Waals surface area contributed by atoms with Crippen LogP contribution in [0.2, 0.25) is 0 Å². The highest BCUT2D eigenvalue weighted by Gasteiger charge is 2.31. The van der Waals surface area contributed by atoms with E-state index in [1.54, 1.807) is 42.5 Å². The molecule has 0 aliphatic rings. The molecule has 14 nitrogen and oxygen atoms in total. The Balaban J connectivity index is 1.74. The first kappa shape index (κ1) is 32.3. The van der Waals surface area contributed by atoms with E-state index in [2.05, 4.69) is 25.9 Å². The summed E-state index contributed by atoms with van der Waals surface area (Å²) >= 11 is 0. The smallest absolute Gasteiger partial charge is 0.326 e. The molecule has 10 N–H and O–H groups in total. The maximum Gasteiger partial charge on any atom is 0.326 e. The summed E-state index contributed by atoms with van der Waals surface area (Å²) in [6, 6.07) is 9.87. The maximum absolute atomic E-state index is 13.5. The fraction of sp³-hybridized carbons (Fsp3) is 0.310. The van der Waals surface area contributed by atoms with Crippen LogP contribution in [-0.4, -0.2) is 73.9 Å². The number of aromatic amines is 1. The van der Waals surface area contributed by atoms with Gasteiger partial charge in [0.2, 0.25) is 23.6 Å². The third-order valence-corrected chi connectivity index (χ3v) is 6.55. The number of carboxylic acid groups (broad SMARTS) is 1. The predicted octanol–water partition coefficient (Wildman–Crippen LogP) is -0.725. The first-order valence-corrected chi connectivity index (χ1v) is 13.5. The van der Waals surface area contributed by atoms with Crippen LogP contribution >= 0.6 is 0 Å². The number of phenolic OH excluding ortho intramolecular Hbond substituents is 1. The minimum absolute atomic E-state index is 0.0180. The van der Waals surface area contributed by atoms with Crippen molar-refractivity contribution in [3.63, 3.8) is 0 Å². The van der Waals surface area contributed by atoms with Gasteiger partial charge in [0.05, 0.1) is 12.4 Å². The minimum Gasteiger partial charge on any atom is -0.508 e. The van der Waals surface area contributed by atoms with Gasteiger partial charge in [-0.25, -0.2) is 9.78 Å². The number of benzene rings is 2. The Hall–Kier alpha value is -5.24. The summed E-state index contributed by atoms with van der Waals surface area (Å²) in [6.45, 7) is 0. The van der Waals surface area contributed by atoms with Crippen LogP contribution in [0.15, 0.2) is 67.1 Å². The molecule has 3 rings (SSSR count). The number of carbonyl (C=O) groups excluding carboxylic acids is 4. The Bertz CT molecular complexity index is 1380. The van der Waals surface area contributed by atoms with Crippen LogP contribution in [-0.2, 0) is 43.2 Å². The van der Waals surface area contributed by atoms with E-state index in [4.69, 9.17) is 11.5 Å². The summed E-state index contributed by atoms with van der Waals surface area (Å²) in [7, 11) is 0. The monoisotopic (exact) mass is 593 g/mol. The lowest BCUT2D eigenvalue weighted by Crippen LogP contribution is -2.58. The molecule has 0 fully saturated rings. The minimum atomic E-state index is -1.34. The first-order valence-electron chi connectivity index (χ1n) is 13.5. The number of H-pyrrole nitrogens is 1. The highest BCUT2D eigenvalue weighted by Crippen LogP contribution is 2.12. The number of amides is 4. The number of rotatable bonds is 16. The van der Waals surface area contributed by atoms with Crippen molar-refractivity contribution in [1.82, 2.24) is 25.9 Å². The number of hydrogen-bond donors (Lipinski definition) is 8.